The Hall–Kier alpha value is -2.11. The molecular weight excluding hydrogens is 270 g/mol. The van der Waals surface area contributed by atoms with Crippen LogP contribution in [0.15, 0.2) is 24.5 Å². The second kappa shape index (κ2) is 6.11. The monoisotopic (exact) mass is 291 g/mol. The molecule has 1 aliphatic rings. The fourth-order valence-corrected chi connectivity index (χ4v) is 3.00. The predicted octanol–water partition coefficient (Wildman–Crippen LogP) is 2.36. The van der Waals surface area contributed by atoms with Gasteiger partial charge in [0, 0.05) is 19.8 Å². The summed E-state index contributed by atoms with van der Waals surface area (Å²) in [5, 5.41) is 9.64. The van der Waals surface area contributed by atoms with E-state index in [-0.39, 0.29) is 6.03 Å². The van der Waals surface area contributed by atoms with Crippen molar-refractivity contribution in [2.45, 2.75) is 38.1 Å². The number of carbonyl (C=O) groups excluding carboxylic acids is 1. The number of likely N-dealkylation sites (tertiary alicyclic amines) is 1. The summed E-state index contributed by atoms with van der Waals surface area (Å²) in [6.07, 6.45) is 5.68. The Bertz CT molecular complexity index is 520. The summed E-state index contributed by atoms with van der Waals surface area (Å²) >= 11 is 0. The van der Waals surface area contributed by atoms with Crippen LogP contribution in [-0.4, -0.2) is 46.1 Å². The molecule has 2 heterocycles. The minimum atomic E-state index is -1.07. The van der Waals surface area contributed by atoms with Crippen LogP contribution < -0.4 is 4.90 Å². The summed E-state index contributed by atoms with van der Waals surface area (Å²) in [6, 6.07) is 3.25. The number of urea groups is 1. The molecule has 1 fully saturated rings. The van der Waals surface area contributed by atoms with Crippen molar-refractivity contribution < 1.29 is 14.7 Å². The number of nitrogens with zero attached hydrogens (tertiary/aromatic N) is 3. The normalized spacial score (nSPS) is 21.3. The number of rotatable bonds is 4. The van der Waals surface area contributed by atoms with E-state index in [1.807, 2.05) is 6.92 Å². The van der Waals surface area contributed by atoms with Gasteiger partial charge in [-0.15, -0.1) is 0 Å². The molecule has 0 radical (unpaired) electrons. The van der Waals surface area contributed by atoms with Crippen molar-refractivity contribution >= 4 is 17.7 Å². The summed E-state index contributed by atoms with van der Waals surface area (Å²) in [7, 11) is 1.65. The summed E-state index contributed by atoms with van der Waals surface area (Å²) in [4.78, 5) is 31.4. The van der Waals surface area contributed by atoms with Crippen molar-refractivity contribution in [1.82, 2.24) is 9.88 Å². The molecule has 1 saturated heterocycles. The Morgan fingerprint density at radius 3 is 2.86 bits per heavy atom. The number of carboxylic acid groups (broad SMARTS) is 1. The topological polar surface area (TPSA) is 73.7 Å². The van der Waals surface area contributed by atoms with E-state index in [1.54, 1.807) is 31.6 Å². The lowest BCUT2D eigenvalue weighted by Gasteiger charge is -2.37. The number of aromatic nitrogens is 1. The molecule has 0 spiro atoms. The van der Waals surface area contributed by atoms with Crippen molar-refractivity contribution in [2.24, 2.45) is 0 Å². The van der Waals surface area contributed by atoms with Crippen LogP contribution in [0.4, 0.5) is 10.5 Å². The van der Waals surface area contributed by atoms with Gasteiger partial charge in [0.25, 0.3) is 0 Å². The highest BCUT2D eigenvalue weighted by Gasteiger charge is 2.50. The van der Waals surface area contributed by atoms with Gasteiger partial charge >= 0.3 is 12.0 Å². The van der Waals surface area contributed by atoms with Crippen molar-refractivity contribution in [3.63, 3.8) is 0 Å². The fraction of sp³-hybridized carbons (Fsp3) is 0.533. The summed E-state index contributed by atoms with van der Waals surface area (Å²) in [5.41, 5.74) is -0.410. The van der Waals surface area contributed by atoms with Crippen LogP contribution in [-0.2, 0) is 4.79 Å². The van der Waals surface area contributed by atoms with Crippen LogP contribution >= 0.6 is 0 Å². The van der Waals surface area contributed by atoms with Crippen LogP contribution in [0, 0.1) is 0 Å². The Morgan fingerprint density at radius 2 is 2.29 bits per heavy atom. The van der Waals surface area contributed by atoms with Gasteiger partial charge in [-0.1, -0.05) is 13.3 Å². The Balaban J connectivity index is 2.27. The van der Waals surface area contributed by atoms with E-state index < -0.39 is 11.5 Å². The number of hydrogen-bond donors (Lipinski definition) is 1. The summed E-state index contributed by atoms with van der Waals surface area (Å²) < 4.78 is 0. The highest BCUT2D eigenvalue weighted by atomic mass is 16.4. The average Bonchev–Trinajstić information content (AvgIpc) is 2.92. The van der Waals surface area contributed by atoms with E-state index in [4.69, 9.17) is 0 Å². The molecular formula is C15H21N3O3. The number of carboxylic acids is 1. The molecule has 1 unspecified atom stereocenters. The molecule has 21 heavy (non-hydrogen) atoms. The van der Waals surface area contributed by atoms with Gasteiger partial charge in [0.05, 0.1) is 11.9 Å². The molecule has 0 aromatic carbocycles. The highest BCUT2D eigenvalue weighted by Crippen LogP contribution is 2.35. The van der Waals surface area contributed by atoms with Crippen molar-refractivity contribution in [3.05, 3.63) is 24.5 Å². The molecule has 2 amide bonds. The second-order valence-corrected chi connectivity index (χ2v) is 5.39. The Morgan fingerprint density at radius 1 is 1.52 bits per heavy atom. The standard InChI is InChI=1S/C15H21N3O3/c1-3-7-15(13(19)20)8-5-10-18(15)14(21)17(2)12-6-4-9-16-11-12/h4,6,9,11H,3,5,7-8,10H2,1-2H3,(H,19,20). The average molecular weight is 291 g/mol. The third-order valence-electron chi connectivity index (χ3n) is 4.10. The van der Waals surface area contributed by atoms with E-state index in [1.165, 1.54) is 9.80 Å². The first kappa shape index (κ1) is 15.3. The molecule has 1 atom stereocenters. The SMILES string of the molecule is CCCC1(C(=O)O)CCCN1C(=O)N(C)c1cccnc1. The first-order chi connectivity index (χ1) is 10.0. The number of anilines is 1. The van der Waals surface area contributed by atoms with Gasteiger partial charge in [-0.2, -0.15) is 0 Å². The molecule has 6 nitrogen and oxygen atoms in total. The van der Waals surface area contributed by atoms with Crippen molar-refractivity contribution in [2.75, 3.05) is 18.5 Å². The van der Waals surface area contributed by atoms with Gasteiger partial charge < -0.3 is 10.0 Å². The minimum Gasteiger partial charge on any atom is -0.479 e. The summed E-state index contributed by atoms with van der Waals surface area (Å²) in [5.74, 6) is -0.908. The largest absolute Gasteiger partial charge is 0.479 e. The molecule has 0 bridgehead atoms. The lowest BCUT2D eigenvalue weighted by molar-refractivity contribution is -0.148. The first-order valence-electron chi connectivity index (χ1n) is 7.21. The number of carbonyl (C=O) groups is 2. The van der Waals surface area contributed by atoms with E-state index in [0.29, 0.717) is 25.1 Å². The zero-order valence-corrected chi connectivity index (χ0v) is 12.5. The van der Waals surface area contributed by atoms with Gasteiger partial charge in [-0.25, -0.2) is 9.59 Å². The Labute approximate surface area is 124 Å². The van der Waals surface area contributed by atoms with Crippen LogP contribution in [0.2, 0.25) is 0 Å². The maximum atomic E-state index is 12.7. The molecule has 1 N–H and O–H groups in total. The van der Waals surface area contributed by atoms with E-state index in [0.717, 1.165) is 12.8 Å². The van der Waals surface area contributed by atoms with E-state index in [9.17, 15) is 14.7 Å². The molecule has 6 heteroatoms. The molecule has 1 aromatic rings. The number of aliphatic carboxylic acids is 1. The van der Waals surface area contributed by atoms with Crippen LogP contribution in [0.5, 0.6) is 0 Å². The maximum absolute atomic E-state index is 12.7. The first-order valence-corrected chi connectivity index (χ1v) is 7.21. The number of pyridine rings is 1. The quantitative estimate of drug-likeness (QED) is 0.924. The third kappa shape index (κ3) is 2.70. The molecule has 1 aliphatic heterocycles. The zero-order valence-electron chi connectivity index (χ0n) is 12.5. The van der Waals surface area contributed by atoms with Gasteiger partial charge in [-0.3, -0.25) is 9.88 Å². The smallest absolute Gasteiger partial charge is 0.329 e. The molecule has 2 rings (SSSR count). The van der Waals surface area contributed by atoms with Gasteiger partial charge in [0.2, 0.25) is 0 Å². The number of hydrogen-bond acceptors (Lipinski definition) is 3. The van der Waals surface area contributed by atoms with E-state index in [2.05, 4.69) is 4.98 Å². The zero-order chi connectivity index (χ0) is 15.5. The molecule has 1 aromatic heterocycles. The molecule has 0 aliphatic carbocycles. The minimum absolute atomic E-state index is 0.281. The fourth-order valence-electron chi connectivity index (χ4n) is 3.00. The van der Waals surface area contributed by atoms with Gasteiger partial charge in [0.15, 0.2) is 0 Å². The number of amides is 2. The third-order valence-corrected chi connectivity index (χ3v) is 4.10. The van der Waals surface area contributed by atoms with Gasteiger partial charge in [-0.05, 0) is 31.4 Å². The van der Waals surface area contributed by atoms with E-state index >= 15 is 0 Å². The Kier molecular flexibility index (Phi) is 4.45. The predicted molar refractivity (Wildman–Crippen MR) is 79.3 cm³/mol. The lowest BCUT2D eigenvalue weighted by Crippen LogP contribution is -2.56. The summed E-state index contributed by atoms with van der Waals surface area (Å²) in [6.45, 7) is 2.42. The van der Waals surface area contributed by atoms with Crippen LogP contribution in [0.3, 0.4) is 0 Å². The second-order valence-electron chi connectivity index (χ2n) is 5.39. The van der Waals surface area contributed by atoms with Crippen LogP contribution in [0.1, 0.15) is 32.6 Å². The van der Waals surface area contributed by atoms with Crippen molar-refractivity contribution in [3.8, 4) is 0 Å². The molecule has 0 saturated carbocycles. The lowest BCUT2D eigenvalue weighted by atomic mass is 9.91. The highest BCUT2D eigenvalue weighted by molar-refractivity contribution is 5.95. The maximum Gasteiger partial charge on any atom is 0.329 e. The van der Waals surface area contributed by atoms with Crippen molar-refractivity contribution in [1.29, 1.82) is 0 Å². The van der Waals surface area contributed by atoms with Gasteiger partial charge in [0.1, 0.15) is 5.54 Å². The molecule has 114 valence electrons. The van der Waals surface area contributed by atoms with Crippen LogP contribution in [0.25, 0.3) is 0 Å².